The summed E-state index contributed by atoms with van der Waals surface area (Å²) in [6.07, 6.45) is 0. The highest BCUT2D eigenvalue weighted by Gasteiger charge is 2.32. The van der Waals surface area contributed by atoms with Gasteiger partial charge in [0.25, 0.3) is 0 Å². The molecule has 0 aliphatic rings. The summed E-state index contributed by atoms with van der Waals surface area (Å²) in [5.74, 6) is 5.41. The number of pyridine rings is 8. The molecule has 0 unspecified atom stereocenters. The fourth-order valence-corrected chi connectivity index (χ4v) is 14.6. The number of hydrogen-bond acceptors (Lipinski definition) is 12. The summed E-state index contributed by atoms with van der Waals surface area (Å²) < 4.78 is 0. The lowest BCUT2D eigenvalue weighted by atomic mass is 9.89. The third kappa shape index (κ3) is 9.45. The standard InChI is InChI=1S/C88H54N12/c1-9-25-67-55(17-1)33-45-79(89-67)97(80-46-34-56-18-2-10-26-68(56)90-80)75-53-76(98(81-47-35-57-19-3-11-27-69(57)91-81)82-48-36-58-20-4-12-28-70(58)92-82)64-43-44-66-78(100(85-51-39-61-23-7-15-31-73(61)95-85)86-52-40-62-24-8-16-32-74(62)96-86)54-77(65-42-41-63(75)87(64)88(65)66)99(83-49-37-59-21-5-13-29-71(59)93-83)84-50-38-60-22-6-14-30-72(60)94-84/h1-54H. The highest BCUT2D eigenvalue weighted by molar-refractivity contribution is 6.33. The number of nitrogens with zero attached hydrogens (tertiary/aromatic N) is 12. The Morgan fingerprint density at radius 1 is 0.150 bits per heavy atom. The van der Waals surface area contributed by atoms with Crippen molar-refractivity contribution in [3.8, 4) is 0 Å². The van der Waals surface area contributed by atoms with Crippen LogP contribution in [0, 0.1) is 0 Å². The Labute approximate surface area is 572 Å². The summed E-state index contributed by atoms with van der Waals surface area (Å²) in [5.41, 5.74) is 10.00. The quantitative estimate of drug-likeness (QED) is 0.108. The van der Waals surface area contributed by atoms with Gasteiger partial charge in [0.15, 0.2) is 0 Å². The van der Waals surface area contributed by atoms with E-state index in [1.165, 1.54) is 0 Å². The maximum atomic E-state index is 5.58. The predicted molar refractivity (Wildman–Crippen MR) is 411 cm³/mol. The molecule has 12 heteroatoms. The Morgan fingerprint density at radius 2 is 0.300 bits per heavy atom. The molecule has 20 rings (SSSR count). The third-order valence-electron chi connectivity index (χ3n) is 19.3. The van der Waals surface area contributed by atoms with Crippen LogP contribution in [-0.2, 0) is 0 Å². The molecule has 12 nitrogen and oxygen atoms in total. The van der Waals surface area contributed by atoms with E-state index in [2.05, 4.69) is 299 Å². The molecule has 0 aliphatic carbocycles. The lowest BCUT2D eigenvalue weighted by molar-refractivity contribution is 1.15. The van der Waals surface area contributed by atoms with Gasteiger partial charge < -0.3 is 0 Å². The van der Waals surface area contributed by atoms with Crippen molar-refractivity contribution in [2.24, 2.45) is 0 Å². The lowest BCUT2D eigenvalue weighted by Gasteiger charge is -2.33. The average Bonchev–Trinajstić information content (AvgIpc) is 0.698. The van der Waals surface area contributed by atoms with Gasteiger partial charge in [-0.2, -0.15) is 0 Å². The Kier molecular flexibility index (Phi) is 13.0. The number of aromatic nitrogens is 8. The molecule has 466 valence electrons. The van der Waals surface area contributed by atoms with Gasteiger partial charge in [-0.3, -0.25) is 19.6 Å². The van der Waals surface area contributed by atoms with Crippen molar-refractivity contribution in [3.63, 3.8) is 0 Å². The number of anilines is 12. The van der Waals surface area contributed by atoms with Crippen molar-refractivity contribution in [2.45, 2.75) is 0 Å². The first-order valence-corrected chi connectivity index (χ1v) is 33.4. The Hall–Kier alpha value is -13.8. The van der Waals surface area contributed by atoms with Gasteiger partial charge in [-0.15, -0.1) is 0 Å². The summed E-state index contributed by atoms with van der Waals surface area (Å²) in [6, 6.07) is 114. The van der Waals surface area contributed by atoms with E-state index < -0.39 is 0 Å². The molecule has 0 aliphatic heterocycles. The second kappa shape index (κ2) is 22.9. The fourth-order valence-electron chi connectivity index (χ4n) is 14.6. The van der Waals surface area contributed by atoms with Crippen molar-refractivity contribution in [1.82, 2.24) is 39.9 Å². The van der Waals surface area contributed by atoms with Gasteiger partial charge in [-0.05, 0) is 158 Å². The smallest absolute Gasteiger partial charge is 0.139 e. The molecule has 12 aromatic carbocycles. The van der Waals surface area contributed by atoms with Crippen LogP contribution in [0.1, 0.15) is 0 Å². The molecule has 0 saturated carbocycles. The number of para-hydroxylation sites is 8. The molecular formula is C88H54N12. The van der Waals surface area contributed by atoms with Crippen molar-refractivity contribution in [3.05, 3.63) is 328 Å². The van der Waals surface area contributed by atoms with E-state index in [-0.39, 0.29) is 0 Å². The van der Waals surface area contributed by atoms with Gasteiger partial charge in [0.05, 0.1) is 66.9 Å². The highest BCUT2D eigenvalue weighted by Crippen LogP contribution is 2.55. The minimum Gasteiger partial charge on any atom is -0.278 e. The summed E-state index contributed by atoms with van der Waals surface area (Å²) >= 11 is 0. The Morgan fingerprint density at radius 3 is 0.460 bits per heavy atom. The Balaban J connectivity index is 0.978. The maximum Gasteiger partial charge on any atom is 0.139 e. The molecule has 8 heterocycles. The van der Waals surface area contributed by atoms with Crippen LogP contribution in [0.5, 0.6) is 0 Å². The topological polar surface area (TPSA) is 116 Å². The van der Waals surface area contributed by atoms with Gasteiger partial charge in [-0.1, -0.05) is 170 Å². The van der Waals surface area contributed by atoms with Gasteiger partial charge in [0.1, 0.15) is 46.5 Å². The van der Waals surface area contributed by atoms with Crippen LogP contribution in [0.3, 0.4) is 0 Å². The fraction of sp³-hybridized carbons (Fsp3) is 0. The first-order valence-electron chi connectivity index (χ1n) is 33.4. The molecule has 20 aromatic rings. The number of rotatable bonds is 12. The van der Waals surface area contributed by atoms with Crippen molar-refractivity contribution >= 4 is 189 Å². The zero-order valence-electron chi connectivity index (χ0n) is 53.5. The molecule has 100 heavy (non-hydrogen) atoms. The van der Waals surface area contributed by atoms with E-state index in [0.29, 0.717) is 46.5 Å². The van der Waals surface area contributed by atoms with Crippen LogP contribution in [0.15, 0.2) is 328 Å². The van der Waals surface area contributed by atoms with E-state index >= 15 is 0 Å². The minimum absolute atomic E-state index is 0.676. The van der Waals surface area contributed by atoms with E-state index in [0.717, 1.165) is 142 Å². The molecule has 0 amide bonds. The second-order valence-corrected chi connectivity index (χ2v) is 25.1. The molecule has 0 bridgehead atoms. The van der Waals surface area contributed by atoms with E-state index in [1.54, 1.807) is 0 Å². The average molecular weight is 1280 g/mol. The SMILES string of the molecule is c1ccc2nc(N(c3ccc4ccccc4n3)c3cc(N(c4ccc5ccccc5n4)c4ccc5ccccc5n4)c4ccc5c(N(c6ccc7ccccc7n6)c6ccc7ccccc7n6)cc(N(c6ccc7ccccc7n6)c6ccc7ccccc7n6)c6ccc3c4c65)ccc2c1. The molecule has 0 radical (unpaired) electrons. The molecule has 0 saturated heterocycles. The normalized spacial score (nSPS) is 11.8. The van der Waals surface area contributed by atoms with Crippen LogP contribution < -0.4 is 19.6 Å². The lowest BCUT2D eigenvalue weighted by Crippen LogP contribution is -2.18. The van der Waals surface area contributed by atoms with Gasteiger partial charge >= 0.3 is 0 Å². The largest absolute Gasteiger partial charge is 0.278 e. The summed E-state index contributed by atoms with van der Waals surface area (Å²) in [7, 11) is 0. The van der Waals surface area contributed by atoms with Gasteiger partial charge in [0.2, 0.25) is 0 Å². The monoisotopic (exact) mass is 1280 g/mol. The maximum absolute atomic E-state index is 5.58. The van der Waals surface area contributed by atoms with Crippen LogP contribution in [0.25, 0.3) is 120 Å². The summed E-state index contributed by atoms with van der Waals surface area (Å²) in [6.45, 7) is 0. The highest BCUT2D eigenvalue weighted by atomic mass is 15.3. The number of fused-ring (bicyclic) bond motifs is 8. The van der Waals surface area contributed by atoms with Gasteiger partial charge in [-0.25, -0.2) is 39.9 Å². The first kappa shape index (κ1) is 56.5. The van der Waals surface area contributed by atoms with Crippen LogP contribution in [0.2, 0.25) is 0 Å². The Bertz CT molecular complexity index is 5590. The summed E-state index contributed by atoms with van der Waals surface area (Å²) in [5, 5.41) is 13.8. The van der Waals surface area contributed by atoms with Gasteiger partial charge in [0, 0.05) is 75.4 Å². The van der Waals surface area contributed by atoms with E-state index in [9.17, 15) is 0 Å². The molecular weight excluding hydrogens is 1230 g/mol. The van der Waals surface area contributed by atoms with Crippen molar-refractivity contribution in [2.75, 3.05) is 19.6 Å². The second-order valence-electron chi connectivity index (χ2n) is 25.1. The van der Waals surface area contributed by atoms with Crippen LogP contribution in [-0.4, -0.2) is 39.9 Å². The zero-order chi connectivity index (χ0) is 65.8. The molecule has 0 spiro atoms. The number of hydrogen-bond donors (Lipinski definition) is 0. The zero-order valence-corrected chi connectivity index (χ0v) is 53.5. The molecule has 0 fully saturated rings. The molecule has 0 atom stereocenters. The minimum atomic E-state index is 0.676. The first-order chi connectivity index (χ1) is 49.5. The predicted octanol–water partition coefficient (Wildman–Crippen LogP) is 22.8. The molecule has 0 N–H and O–H groups in total. The number of benzene rings is 12. The van der Waals surface area contributed by atoms with Crippen molar-refractivity contribution in [1.29, 1.82) is 0 Å². The van der Waals surface area contributed by atoms with E-state index in [4.69, 9.17) is 39.9 Å². The van der Waals surface area contributed by atoms with Crippen LogP contribution >= 0.6 is 0 Å². The van der Waals surface area contributed by atoms with E-state index in [1.807, 2.05) is 48.5 Å². The molecule has 8 aromatic heterocycles. The van der Waals surface area contributed by atoms with Crippen LogP contribution in [0.4, 0.5) is 69.3 Å². The third-order valence-corrected chi connectivity index (χ3v) is 19.3. The summed E-state index contributed by atoms with van der Waals surface area (Å²) in [4.78, 5) is 53.5. The van der Waals surface area contributed by atoms with Crippen molar-refractivity contribution < 1.29 is 0 Å².